The molecule has 3 aromatic carbocycles. The summed E-state index contributed by atoms with van der Waals surface area (Å²) >= 11 is 0. The summed E-state index contributed by atoms with van der Waals surface area (Å²) < 4.78 is 6.13. The van der Waals surface area contributed by atoms with Crippen LogP contribution in [0.4, 0.5) is 28.4 Å². The highest BCUT2D eigenvalue weighted by molar-refractivity contribution is 5.72. The molecule has 1 aliphatic rings. The summed E-state index contributed by atoms with van der Waals surface area (Å²) in [4.78, 5) is 0. The molecule has 0 bridgehead atoms. The molecule has 146 valence electrons. The maximum absolute atomic E-state index is 6.13. The van der Waals surface area contributed by atoms with Crippen molar-refractivity contribution in [2.24, 2.45) is 0 Å². The van der Waals surface area contributed by atoms with Crippen LogP contribution >= 0.6 is 0 Å². The van der Waals surface area contributed by atoms with Gasteiger partial charge in [0.15, 0.2) is 0 Å². The van der Waals surface area contributed by atoms with Crippen LogP contribution in [0.25, 0.3) is 0 Å². The Morgan fingerprint density at radius 3 is 2.31 bits per heavy atom. The SMILES string of the molecule is Nc1ccccc1Nc1cccc(OC2=CC=CC(Nc3ccccc3N)C2)c1. The Hall–Kier alpha value is -3.86. The van der Waals surface area contributed by atoms with Gasteiger partial charge in [-0.2, -0.15) is 0 Å². The monoisotopic (exact) mass is 384 g/mol. The molecular weight excluding hydrogens is 360 g/mol. The maximum atomic E-state index is 6.13. The molecule has 1 aliphatic carbocycles. The van der Waals surface area contributed by atoms with Crippen molar-refractivity contribution in [1.82, 2.24) is 0 Å². The second kappa shape index (κ2) is 8.44. The largest absolute Gasteiger partial charge is 0.462 e. The molecule has 0 fully saturated rings. The number of benzene rings is 3. The molecule has 3 aromatic rings. The molecule has 1 unspecified atom stereocenters. The molecule has 0 aliphatic heterocycles. The summed E-state index contributed by atoms with van der Waals surface area (Å²) in [6.07, 6.45) is 6.83. The Kier molecular flexibility index (Phi) is 5.38. The minimum atomic E-state index is 0.116. The minimum absolute atomic E-state index is 0.116. The molecule has 5 nitrogen and oxygen atoms in total. The molecule has 0 saturated heterocycles. The maximum Gasteiger partial charge on any atom is 0.129 e. The van der Waals surface area contributed by atoms with Crippen LogP contribution in [-0.4, -0.2) is 6.04 Å². The van der Waals surface area contributed by atoms with Gasteiger partial charge in [0, 0.05) is 18.2 Å². The Labute approximate surface area is 170 Å². The lowest BCUT2D eigenvalue weighted by molar-refractivity contribution is 0.398. The van der Waals surface area contributed by atoms with E-state index in [9.17, 15) is 0 Å². The van der Waals surface area contributed by atoms with Gasteiger partial charge in [-0.05, 0) is 42.5 Å². The smallest absolute Gasteiger partial charge is 0.129 e. The van der Waals surface area contributed by atoms with Crippen molar-refractivity contribution in [3.8, 4) is 5.75 Å². The molecule has 0 heterocycles. The number of rotatable bonds is 6. The highest BCUT2D eigenvalue weighted by atomic mass is 16.5. The topological polar surface area (TPSA) is 85.3 Å². The van der Waals surface area contributed by atoms with E-state index in [1.807, 2.05) is 84.9 Å². The quantitative estimate of drug-likeness (QED) is 0.434. The van der Waals surface area contributed by atoms with E-state index in [0.29, 0.717) is 5.69 Å². The van der Waals surface area contributed by atoms with E-state index in [0.717, 1.165) is 40.7 Å². The third-order valence-corrected chi connectivity index (χ3v) is 4.67. The third-order valence-electron chi connectivity index (χ3n) is 4.67. The van der Waals surface area contributed by atoms with Gasteiger partial charge in [-0.15, -0.1) is 0 Å². The number of ether oxygens (including phenoxy) is 1. The van der Waals surface area contributed by atoms with Gasteiger partial charge in [0.1, 0.15) is 11.5 Å². The van der Waals surface area contributed by atoms with Crippen LogP contribution in [0, 0.1) is 0 Å². The van der Waals surface area contributed by atoms with Crippen LogP contribution in [-0.2, 0) is 0 Å². The van der Waals surface area contributed by atoms with Crippen molar-refractivity contribution in [1.29, 1.82) is 0 Å². The van der Waals surface area contributed by atoms with E-state index in [4.69, 9.17) is 16.2 Å². The van der Waals surface area contributed by atoms with E-state index in [1.165, 1.54) is 0 Å². The van der Waals surface area contributed by atoms with E-state index in [-0.39, 0.29) is 6.04 Å². The van der Waals surface area contributed by atoms with Crippen LogP contribution in [0.5, 0.6) is 5.75 Å². The zero-order chi connectivity index (χ0) is 20.1. The molecule has 5 heteroatoms. The van der Waals surface area contributed by atoms with Crippen LogP contribution in [0.15, 0.2) is 96.8 Å². The molecule has 6 N–H and O–H groups in total. The summed E-state index contributed by atoms with van der Waals surface area (Å²) in [5, 5.41) is 6.79. The first kappa shape index (κ1) is 18.5. The standard InChI is InChI=1S/C24H24N4O/c25-21-11-1-3-13-23(21)27-17-7-5-9-19(15-17)29-20-10-6-8-18(16-20)28-24-14-4-2-12-22(24)26/h1-15,18,27-28H,16,25-26H2. The summed E-state index contributed by atoms with van der Waals surface area (Å²) in [5.74, 6) is 1.65. The van der Waals surface area contributed by atoms with Gasteiger partial charge in [-0.3, -0.25) is 0 Å². The molecule has 0 saturated carbocycles. The Balaban J connectivity index is 1.41. The predicted octanol–water partition coefficient (Wildman–Crippen LogP) is 5.30. The van der Waals surface area contributed by atoms with E-state index in [1.54, 1.807) is 0 Å². The molecule has 0 amide bonds. The van der Waals surface area contributed by atoms with Gasteiger partial charge in [-0.1, -0.05) is 42.5 Å². The number of nitrogens with two attached hydrogens (primary N) is 2. The second-order valence-electron chi connectivity index (χ2n) is 6.90. The Morgan fingerprint density at radius 2 is 1.55 bits per heavy atom. The van der Waals surface area contributed by atoms with Gasteiger partial charge in [-0.25, -0.2) is 0 Å². The molecule has 0 spiro atoms. The average Bonchev–Trinajstić information content (AvgIpc) is 2.72. The first-order valence-electron chi connectivity index (χ1n) is 9.55. The Bertz CT molecular complexity index is 1060. The number of anilines is 5. The van der Waals surface area contributed by atoms with Crippen molar-refractivity contribution in [3.63, 3.8) is 0 Å². The normalized spacial score (nSPS) is 15.4. The fraction of sp³-hybridized carbons (Fsp3) is 0.0833. The number of hydrogen-bond acceptors (Lipinski definition) is 5. The summed E-state index contributed by atoms with van der Waals surface area (Å²) in [7, 11) is 0. The van der Waals surface area contributed by atoms with E-state index >= 15 is 0 Å². The van der Waals surface area contributed by atoms with Gasteiger partial charge < -0.3 is 26.8 Å². The zero-order valence-corrected chi connectivity index (χ0v) is 16.0. The molecular formula is C24H24N4O. The number of allylic oxidation sites excluding steroid dienone is 2. The fourth-order valence-corrected chi connectivity index (χ4v) is 3.21. The van der Waals surface area contributed by atoms with Crippen molar-refractivity contribution in [2.45, 2.75) is 12.5 Å². The van der Waals surface area contributed by atoms with Crippen molar-refractivity contribution >= 4 is 28.4 Å². The molecule has 4 rings (SSSR count). The van der Waals surface area contributed by atoms with Crippen LogP contribution in [0.1, 0.15) is 6.42 Å². The minimum Gasteiger partial charge on any atom is -0.462 e. The first-order chi connectivity index (χ1) is 14.2. The number of para-hydroxylation sites is 4. The summed E-state index contributed by atoms with van der Waals surface area (Å²) in [6, 6.07) is 23.4. The molecule has 1 atom stereocenters. The van der Waals surface area contributed by atoms with Gasteiger partial charge in [0.25, 0.3) is 0 Å². The zero-order valence-electron chi connectivity index (χ0n) is 16.0. The number of hydrogen-bond donors (Lipinski definition) is 4. The highest BCUT2D eigenvalue weighted by Crippen LogP contribution is 2.28. The Morgan fingerprint density at radius 1 is 0.828 bits per heavy atom. The first-order valence-corrected chi connectivity index (χ1v) is 9.55. The lowest BCUT2D eigenvalue weighted by Crippen LogP contribution is -2.21. The average molecular weight is 384 g/mol. The predicted molar refractivity (Wildman–Crippen MR) is 121 cm³/mol. The van der Waals surface area contributed by atoms with Crippen molar-refractivity contribution in [3.05, 3.63) is 96.8 Å². The van der Waals surface area contributed by atoms with Gasteiger partial charge in [0.05, 0.1) is 28.8 Å². The highest BCUT2D eigenvalue weighted by Gasteiger charge is 2.14. The van der Waals surface area contributed by atoms with Gasteiger partial charge in [0.2, 0.25) is 0 Å². The lowest BCUT2D eigenvalue weighted by atomic mass is 10.1. The second-order valence-corrected chi connectivity index (χ2v) is 6.90. The van der Waals surface area contributed by atoms with E-state index < -0.39 is 0 Å². The fourth-order valence-electron chi connectivity index (χ4n) is 3.21. The van der Waals surface area contributed by atoms with Crippen LogP contribution < -0.4 is 26.8 Å². The lowest BCUT2D eigenvalue weighted by Gasteiger charge is -2.22. The number of nitrogens with one attached hydrogen (secondary N) is 2. The van der Waals surface area contributed by atoms with Crippen LogP contribution in [0.3, 0.4) is 0 Å². The summed E-state index contributed by atoms with van der Waals surface area (Å²) in [5.41, 5.74) is 16.2. The van der Waals surface area contributed by atoms with Crippen molar-refractivity contribution < 1.29 is 4.74 Å². The molecule has 0 aromatic heterocycles. The van der Waals surface area contributed by atoms with Crippen LogP contribution in [0.2, 0.25) is 0 Å². The van der Waals surface area contributed by atoms with Crippen molar-refractivity contribution in [2.75, 3.05) is 22.1 Å². The van der Waals surface area contributed by atoms with Gasteiger partial charge >= 0.3 is 0 Å². The summed E-state index contributed by atoms with van der Waals surface area (Å²) in [6.45, 7) is 0. The molecule has 0 radical (unpaired) electrons. The third kappa shape index (κ3) is 4.71. The number of nitrogen functional groups attached to an aromatic ring is 2. The molecule has 29 heavy (non-hydrogen) atoms. The van der Waals surface area contributed by atoms with E-state index in [2.05, 4.69) is 16.7 Å².